The van der Waals surface area contributed by atoms with E-state index >= 15 is 0 Å². The molecule has 4 nitrogen and oxygen atoms in total. The van der Waals surface area contributed by atoms with E-state index in [1.54, 1.807) is 0 Å². The molecule has 0 radical (unpaired) electrons. The number of benzene rings is 5. The van der Waals surface area contributed by atoms with Crippen LogP contribution in [0.4, 0.5) is 0 Å². The van der Waals surface area contributed by atoms with E-state index in [2.05, 4.69) is 55.6 Å². The average molecular weight is 532 g/mol. The molecule has 0 bridgehead atoms. The number of rotatable bonds is 3. The third-order valence-corrected chi connectivity index (χ3v) is 11.7. The molecule has 8 rings (SSSR count). The molecule has 1 aliphatic rings. The number of furan rings is 1. The number of nitrogens with zero attached hydrogens (tertiary/aromatic N) is 3. The maximum atomic E-state index is 6.69. The lowest BCUT2D eigenvalue weighted by Gasteiger charge is -2.19. The van der Waals surface area contributed by atoms with Crippen molar-refractivity contribution in [3.05, 3.63) is 115 Å². The minimum atomic E-state index is -2.00. The summed E-state index contributed by atoms with van der Waals surface area (Å²) < 4.78 is 6.69. The zero-order valence-corrected chi connectivity index (χ0v) is 23.2. The van der Waals surface area contributed by atoms with Crippen LogP contribution in [-0.2, 0) is 0 Å². The van der Waals surface area contributed by atoms with Crippen LogP contribution >= 0.6 is 0 Å². The molecular formula is C35H25N3OSi. The zero-order valence-electron chi connectivity index (χ0n) is 22.2. The van der Waals surface area contributed by atoms with E-state index < -0.39 is 8.07 Å². The van der Waals surface area contributed by atoms with Gasteiger partial charge in [-0.15, -0.1) is 0 Å². The quantitative estimate of drug-likeness (QED) is 0.221. The van der Waals surface area contributed by atoms with Gasteiger partial charge in [0.1, 0.15) is 19.2 Å². The van der Waals surface area contributed by atoms with Gasteiger partial charge in [0.2, 0.25) is 0 Å². The number of hydrogen-bond donors (Lipinski definition) is 0. The summed E-state index contributed by atoms with van der Waals surface area (Å²) >= 11 is 0. The fraction of sp³-hybridized carbons (Fsp3) is 0.0571. The second kappa shape index (κ2) is 8.56. The first kappa shape index (κ1) is 23.1. The first-order valence-electron chi connectivity index (χ1n) is 13.6. The van der Waals surface area contributed by atoms with Crippen LogP contribution in [0.1, 0.15) is 0 Å². The van der Waals surface area contributed by atoms with Crippen LogP contribution in [0.25, 0.3) is 67.2 Å². The van der Waals surface area contributed by atoms with Crippen molar-refractivity contribution < 1.29 is 4.42 Å². The highest BCUT2D eigenvalue weighted by Crippen LogP contribution is 2.43. The summed E-state index contributed by atoms with van der Waals surface area (Å²) in [5.41, 5.74) is 7.21. The summed E-state index contributed by atoms with van der Waals surface area (Å²) in [6.45, 7) is 4.85. The second-order valence-corrected chi connectivity index (χ2v) is 15.2. The lowest BCUT2D eigenvalue weighted by Crippen LogP contribution is -2.49. The van der Waals surface area contributed by atoms with Crippen molar-refractivity contribution in [2.75, 3.05) is 0 Å². The van der Waals surface area contributed by atoms with Gasteiger partial charge in [-0.05, 0) is 28.1 Å². The molecule has 5 aromatic carbocycles. The Morgan fingerprint density at radius 2 is 1.12 bits per heavy atom. The van der Waals surface area contributed by atoms with Gasteiger partial charge in [0.25, 0.3) is 0 Å². The molecule has 0 spiro atoms. The normalized spacial score (nSPS) is 13.4. The molecule has 2 aromatic heterocycles. The van der Waals surface area contributed by atoms with Gasteiger partial charge in [0.15, 0.2) is 17.5 Å². The number of hydrogen-bond acceptors (Lipinski definition) is 4. The van der Waals surface area contributed by atoms with Gasteiger partial charge >= 0.3 is 0 Å². The van der Waals surface area contributed by atoms with Gasteiger partial charge in [-0.3, -0.25) is 0 Å². The largest absolute Gasteiger partial charge is 0.455 e. The van der Waals surface area contributed by atoms with Crippen molar-refractivity contribution in [1.82, 2.24) is 15.0 Å². The van der Waals surface area contributed by atoms with Crippen LogP contribution in [0.5, 0.6) is 0 Å². The first-order chi connectivity index (χ1) is 19.6. The Morgan fingerprint density at radius 1 is 0.550 bits per heavy atom. The number of fused-ring (bicyclic) bond motifs is 7. The lowest BCUT2D eigenvalue weighted by molar-refractivity contribution is 0.670. The van der Waals surface area contributed by atoms with Crippen molar-refractivity contribution >= 4 is 40.4 Å². The Hall–Kier alpha value is -4.87. The molecule has 190 valence electrons. The van der Waals surface area contributed by atoms with E-state index in [0.717, 1.165) is 38.6 Å². The van der Waals surface area contributed by atoms with Crippen LogP contribution in [0.15, 0.2) is 120 Å². The zero-order chi connectivity index (χ0) is 26.8. The molecule has 0 atom stereocenters. The SMILES string of the molecule is C[Si]1(C)c2ccccc2-c2c1cc(-c1nc(-c3ccccc3)nc(-c3ccccc3)n1)c1c2oc2ccccc21. The molecular weight excluding hydrogens is 506 g/mol. The van der Waals surface area contributed by atoms with Gasteiger partial charge in [-0.1, -0.05) is 116 Å². The first-order valence-corrected chi connectivity index (χ1v) is 16.6. The summed E-state index contributed by atoms with van der Waals surface area (Å²) in [5.74, 6) is 1.98. The molecule has 0 N–H and O–H groups in total. The average Bonchev–Trinajstić information content (AvgIpc) is 3.50. The standard InChI is InChI=1S/C35H25N3OSi/c1-40(2)28-20-12-10-18-25(28)31-29(40)21-26(30-24-17-9-11-19-27(24)39-32(30)31)35-37-33(22-13-5-3-6-14-22)36-34(38-35)23-15-7-4-8-16-23/h3-21H,1-2H3. The molecule has 0 saturated carbocycles. The molecule has 7 aromatic rings. The Morgan fingerprint density at radius 3 is 1.82 bits per heavy atom. The molecule has 1 aliphatic heterocycles. The van der Waals surface area contributed by atoms with Gasteiger partial charge in [0.05, 0.1) is 0 Å². The number of para-hydroxylation sites is 1. The Balaban J connectivity index is 1.50. The van der Waals surface area contributed by atoms with E-state index in [1.165, 1.54) is 21.5 Å². The van der Waals surface area contributed by atoms with Crippen molar-refractivity contribution in [2.24, 2.45) is 0 Å². The Labute approximate surface area is 233 Å². The summed E-state index contributed by atoms with van der Waals surface area (Å²) in [6.07, 6.45) is 0. The van der Waals surface area contributed by atoms with Crippen molar-refractivity contribution in [1.29, 1.82) is 0 Å². The van der Waals surface area contributed by atoms with Gasteiger partial charge < -0.3 is 4.42 Å². The topological polar surface area (TPSA) is 51.8 Å². The monoisotopic (exact) mass is 531 g/mol. The Kier molecular flexibility index (Phi) is 4.94. The molecule has 5 heteroatoms. The maximum Gasteiger partial charge on any atom is 0.164 e. The Bertz CT molecular complexity index is 2020. The molecule has 3 heterocycles. The minimum absolute atomic E-state index is 0.658. The van der Waals surface area contributed by atoms with Gasteiger partial charge in [-0.25, -0.2) is 15.0 Å². The van der Waals surface area contributed by atoms with Crippen LogP contribution < -0.4 is 10.4 Å². The summed E-state index contributed by atoms with van der Waals surface area (Å²) in [6, 6.07) is 39.7. The van der Waals surface area contributed by atoms with Crippen LogP contribution in [0, 0.1) is 0 Å². The highest BCUT2D eigenvalue weighted by molar-refractivity contribution is 7.04. The van der Waals surface area contributed by atoms with Crippen molar-refractivity contribution in [2.45, 2.75) is 13.1 Å². The summed E-state index contributed by atoms with van der Waals surface area (Å²) in [7, 11) is -2.00. The third-order valence-electron chi connectivity index (χ3n) is 8.13. The van der Waals surface area contributed by atoms with Crippen molar-refractivity contribution in [3.8, 4) is 45.3 Å². The highest BCUT2D eigenvalue weighted by atomic mass is 28.3. The molecule has 0 fully saturated rings. The molecule has 0 amide bonds. The molecule has 0 unspecified atom stereocenters. The van der Waals surface area contributed by atoms with Crippen molar-refractivity contribution in [3.63, 3.8) is 0 Å². The number of aromatic nitrogens is 3. The predicted octanol–water partition coefficient (Wildman–Crippen LogP) is 7.58. The van der Waals surface area contributed by atoms with E-state index in [1.807, 2.05) is 72.8 Å². The maximum absolute atomic E-state index is 6.69. The van der Waals surface area contributed by atoms with Crippen LogP contribution in [0.3, 0.4) is 0 Å². The molecule has 0 saturated heterocycles. The molecule has 0 aliphatic carbocycles. The summed E-state index contributed by atoms with van der Waals surface area (Å²) in [4.78, 5) is 15.1. The van der Waals surface area contributed by atoms with Crippen LogP contribution in [-0.4, -0.2) is 23.0 Å². The predicted molar refractivity (Wildman–Crippen MR) is 166 cm³/mol. The van der Waals surface area contributed by atoms with Crippen LogP contribution in [0.2, 0.25) is 13.1 Å². The highest BCUT2D eigenvalue weighted by Gasteiger charge is 2.40. The summed E-state index contributed by atoms with van der Waals surface area (Å²) in [5, 5.41) is 4.93. The van der Waals surface area contributed by atoms with E-state index in [-0.39, 0.29) is 0 Å². The lowest BCUT2D eigenvalue weighted by atomic mass is 9.98. The molecule has 40 heavy (non-hydrogen) atoms. The minimum Gasteiger partial charge on any atom is -0.455 e. The van der Waals surface area contributed by atoms with Gasteiger partial charge in [-0.2, -0.15) is 0 Å². The second-order valence-electron chi connectivity index (χ2n) is 10.9. The van der Waals surface area contributed by atoms with Gasteiger partial charge in [0, 0.05) is 33.0 Å². The fourth-order valence-electron chi connectivity index (χ4n) is 6.16. The van der Waals surface area contributed by atoms with E-state index in [4.69, 9.17) is 19.4 Å². The van der Waals surface area contributed by atoms with E-state index in [9.17, 15) is 0 Å². The third kappa shape index (κ3) is 3.34. The van der Waals surface area contributed by atoms with E-state index in [0.29, 0.717) is 17.5 Å². The smallest absolute Gasteiger partial charge is 0.164 e. The fourth-order valence-corrected chi connectivity index (χ4v) is 9.22.